The second-order valence-electron chi connectivity index (χ2n) is 7.48. The average Bonchev–Trinajstić information content (AvgIpc) is 2.35. The van der Waals surface area contributed by atoms with Crippen molar-refractivity contribution in [1.82, 2.24) is 10.6 Å². The van der Waals surface area contributed by atoms with Gasteiger partial charge in [0.2, 0.25) is 0 Å². The zero-order chi connectivity index (χ0) is 14.0. The fourth-order valence-corrected chi connectivity index (χ4v) is 5.38. The first-order valence-corrected chi connectivity index (χ1v) is 9.80. The number of rotatable bonds is 0. The van der Waals surface area contributed by atoms with E-state index in [1.807, 2.05) is 21.6 Å². The van der Waals surface area contributed by atoms with E-state index in [0.717, 1.165) is 19.6 Å². The molecule has 1 aliphatic carbocycles. The summed E-state index contributed by atoms with van der Waals surface area (Å²) in [5.74, 6) is 0. The van der Waals surface area contributed by atoms with E-state index in [4.69, 9.17) is 0 Å². The van der Waals surface area contributed by atoms with E-state index >= 15 is 0 Å². The van der Waals surface area contributed by atoms with Crippen LogP contribution in [0.4, 0.5) is 0 Å². The van der Waals surface area contributed by atoms with Gasteiger partial charge in [-0.1, -0.05) is 40.9 Å². The molecule has 2 fully saturated rings. The van der Waals surface area contributed by atoms with Crippen LogP contribution in [-0.4, -0.2) is 34.7 Å². The van der Waals surface area contributed by atoms with Crippen LogP contribution in [0.1, 0.15) is 59.8 Å². The Morgan fingerprint density at radius 2 is 1.32 bits per heavy atom. The van der Waals surface area contributed by atoms with Gasteiger partial charge in [-0.15, -0.1) is 0 Å². The van der Waals surface area contributed by atoms with E-state index in [1.54, 1.807) is 0 Å². The third-order valence-corrected chi connectivity index (χ3v) is 8.44. The molecular formula is C15H30N2S2. The number of hydrogen-bond donors (Lipinski definition) is 2. The molecule has 0 aromatic heterocycles. The molecule has 2 aliphatic rings. The molecule has 112 valence electrons. The molecule has 2 N–H and O–H groups in total. The van der Waals surface area contributed by atoms with Crippen molar-refractivity contribution in [3.63, 3.8) is 0 Å². The lowest BCUT2D eigenvalue weighted by Gasteiger charge is -2.43. The van der Waals surface area contributed by atoms with Crippen molar-refractivity contribution in [1.29, 1.82) is 0 Å². The van der Waals surface area contributed by atoms with Gasteiger partial charge in [-0.05, 0) is 40.5 Å². The van der Waals surface area contributed by atoms with E-state index in [2.05, 4.69) is 38.3 Å². The summed E-state index contributed by atoms with van der Waals surface area (Å²) in [6, 6.07) is 0. The van der Waals surface area contributed by atoms with Crippen LogP contribution in [0.25, 0.3) is 0 Å². The standard InChI is InChI=1S/C15H30N2S2/c1-13(2)10-16-12-15(8-6-5-7-9-15)17-11-14(3,4)19-18-13/h16-17H,5-12H2,1-4H3. The van der Waals surface area contributed by atoms with E-state index in [9.17, 15) is 0 Å². The topological polar surface area (TPSA) is 24.1 Å². The summed E-state index contributed by atoms with van der Waals surface area (Å²) in [6.07, 6.45) is 6.88. The van der Waals surface area contributed by atoms with Crippen LogP contribution in [0.2, 0.25) is 0 Å². The number of nitrogens with one attached hydrogen (secondary N) is 2. The van der Waals surface area contributed by atoms with Crippen molar-refractivity contribution in [2.24, 2.45) is 0 Å². The normalized spacial score (nSPS) is 30.9. The smallest absolute Gasteiger partial charge is 0.0332 e. The Labute approximate surface area is 127 Å². The van der Waals surface area contributed by atoms with Gasteiger partial charge >= 0.3 is 0 Å². The molecule has 4 heteroatoms. The Hall–Kier alpha value is 0.620. The Kier molecular flexibility index (Phi) is 5.19. The molecule has 1 heterocycles. The molecule has 1 spiro atoms. The highest BCUT2D eigenvalue weighted by atomic mass is 33.1. The van der Waals surface area contributed by atoms with Gasteiger partial charge in [-0.3, -0.25) is 0 Å². The van der Waals surface area contributed by atoms with E-state index in [-0.39, 0.29) is 0 Å². The summed E-state index contributed by atoms with van der Waals surface area (Å²) < 4.78 is 0.624. The van der Waals surface area contributed by atoms with E-state index < -0.39 is 0 Å². The van der Waals surface area contributed by atoms with Gasteiger partial charge in [0.15, 0.2) is 0 Å². The van der Waals surface area contributed by atoms with Gasteiger partial charge in [-0.2, -0.15) is 0 Å². The second-order valence-corrected chi connectivity index (χ2v) is 11.0. The van der Waals surface area contributed by atoms with Gasteiger partial charge in [0.05, 0.1) is 0 Å². The second kappa shape index (κ2) is 6.17. The Morgan fingerprint density at radius 1 is 0.737 bits per heavy atom. The minimum Gasteiger partial charge on any atom is -0.314 e. The first-order chi connectivity index (χ1) is 8.83. The molecule has 19 heavy (non-hydrogen) atoms. The first kappa shape index (κ1) is 16.0. The molecule has 2 nitrogen and oxygen atoms in total. The van der Waals surface area contributed by atoms with Crippen molar-refractivity contribution >= 4 is 21.6 Å². The Balaban J connectivity index is 2.07. The van der Waals surface area contributed by atoms with Crippen LogP contribution >= 0.6 is 21.6 Å². The van der Waals surface area contributed by atoms with Gasteiger partial charge in [0.25, 0.3) is 0 Å². The molecule has 0 bridgehead atoms. The molecule has 0 unspecified atom stereocenters. The summed E-state index contributed by atoms with van der Waals surface area (Å²) in [5, 5.41) is 7.66. The fourth-order valence-electron chi connectivity index (χ4n) is 2.93. The van der Waals surface area contributed by atoms with Gasteiger partial charge < -0.3 is 10.6 Å². The largest absolute Gasteiger partial charge is 0.314 e. The summed E-state index contributed by atoms with van der Waals surface area (Å²) in [6.45, 7) is 12.8. The van der Waals surface area contributed by atoms with Crippen molar-refractivity contribution in [2.75, 3.05) is 19.6 Å². The zero-order valence-corrected chi connectivity index (χ0v) is 14.6. The van der Waals surface area contributed by atoms with Crippen LogP contribution in [0.3, 0.4) is 0 Å². The summed E-state index contributed by atoms with van der Waals surface area (Å²) in [4.78, 5) is 0. The maximum atomic E-state index is 3.93. The van der Waals surface area contributed by atoms with Crippen LogP contribution in [-0.2, 0) is 0 Å². The first-order valence-electron chi connectivity index (χ1n) is 7.65. The third-order valence-electron chi connectivity index (χ3n) is 4.21. The lowest BCUT2D eigenvalue weighted by atomic mass is 9.81. The van der Waals surface area contributed by atoms with Crippen LogP contribution in [0, 0.1) is 0 Å². The van der Waals surface area contributed by atoms with Crippen molar-refractivity contribution in [3.05, 3.63) is 0 Å². The molecule has 0 radical (unpaired) electrons. The fraction of sp³-hybridized carbons (Fsp3) is 1.00. The monoisotopic (exact) mass is 302 g/mol. The van der Waals surface area contributed by atoms with Crippen molar-refractivity contribution < 1.29 is 0 Å². The maximum absolute atomic E-state index is 3.93. The molecule has 0 aromatic rings. The molecule has 1 saturated heterocycles. The highest BCUT2D eigenvalue weighted by molar-refractivity contribution is 8.77. The SMILES string of the molecule is CC1(C)CNCC2(CCCCC2)NCC(C)(C)SS1. The van der Waals surface area contributed by atoms with Crippen LogP contribution in [0.5, 0.6) is 0 Å². The summed E-state index contributed by atoms with van der Waals surface area (Å²) >= 11 is 0. The Morgan fingerprint density at radius 3 is 1.95 bits per heavy atom. The zero-order valence-electron chi connectivity index (χ0n) is 13.0. The highest BCUT2D eigenvalue weighted by Crippen LogP contribution is 2.44. The molecule has 1 saturated carbocycles. The average molecular weight is 303 g/mol. The van der Waals surface area contributed by atoms with Gasteiger partial charge in [0.1, 0.15) is 0 Å². The Bertz CT molecular complexity index is 297. The van der Waals surface area contributed by atoms with Crippen LogP contribution < -0.4 is 10.6 Å². The third kappa shape index (κ3) is 4.83. The van der Waals surface area contributed by atoms with E-state index in [0.29, 0.717) is 15.0 Å². The highest BCUT2D eigenvalue weighted by Gasteiger charge is 2.36. The summed E-state index contributed by atoms with van der Waals surface area (Å²) in [5.41, 5.74) is 0.355. The van der Waals surface area contributed by atoms with E-state index in [1.165, 1.54) is 32.1 Å². The molecular weight excluding hydrogens is 272 g/mol. The lowest BCUT2D eigenvalue weighted by Crippen LogP contribution is -2.57. The van der Waals surface area contributed by atoms with Gasteiger partial charge in [0, 0.05) is 34.7 Å². The molecule has 0 aromatic carbocycles. The lowest BCUT2D eigenvalue weighted by molar-refractivity contribution is 0.217. The maximum Gasteiger partial charge on any atom is 0.0332 e. The molecule has 0 amide bonds. The van der Waals surface area contributed by atoms with Crippen molar-refractivity contribution in [3.8, 4) is 0 Å². The van der Waals surface area contributed by atoms with Crippen molar-refractivity contribution in [2.45, 2.75) is 74.8 Å². The minimum absolute atomic E-state index is 0.309. The minimum atomic E-state index is 0.309. The van der Waals surface area contributed by atoms with Crippen LogP contribution in [0.15, 0.2) is 0 Å². The molecule has 1 aliphatic heterocycles. The predicted octanol–water partition coefficient (Wildman–Crippen LogP) is 3.82. The number of hydrogen-bond acceptors (Lipinski definition) is 4. The molecule has 2 rings (SSSR count). The summed E-state index contributed by atoms with van der Waals surface area (Å²) in [7, 11) is 4.08. The van der Waals surface area contributed by atoms with Gasteiger partial charge in [-0.25, -0.2) is 0 Å². The quantitative estimate of drug-likeness (QED) is 0.664. The molecule has 0 atom stereocenters. The predicted molar refractivity (Wildman–Crippen MR) is 90.0 cm³/mol.